The summed E-state index contributed by atoms with van der Waals surface area (Å²) in [6.45, 7) is 16.8. The van der Waals surface area contributed by atoms with Crippen molar-refractivity contribution in [3.63, 3.8) is 0 Å². The molecule has 8 heteroatoms. The first-order valence-electron chi connectivity index (χ1n) is 15.2. The van der Waals surface area contributed by atoms with Crippen molar-refractivity contribution < 1.29 is 33.0 Å². The highest BCUT2D eigenvalue weighted by molar-refractivity contribution is 6.74. The second-order valence-corrected chi connectivity index (χ2v) is 17.4. The average Bonchev–Trinajstić information content (AvgIpc) is 2.97. The number of hydrogen-bond acceptors (Lipinski definition) is 7. The van der Waals surface area contributed by atoms with Crippen molar-refractivity contribution in [3.05, 3.63) is 102 Å². The van der Waals surface area contributed by atoms with E-state index in [-0.39, 0.29) is 41.4 Å². The normalized spacial score (nSPS) is 19.7. The van der Waals surface area contributed by atoms with Crippen molar-refractivity contribution in [2.45, 2.75) is 83.7 Å². The molecule has 0 fully saturated rings. The summed E-state index contributed by atoms with van der Waals surface area (Å²) in [5.74, 6) is -1.38. The number of rotatable bonds is 9. The van der Waals surface area contributed by atoms with Crippen molar-refractivity contribution >= 4 is 26.2 Å². The molecule has 0 saturated carbocycles. The van der Waals surface area contributed by atoms with E-state index in [1.807, 2.05) is 18.2 Å². The molecule has 0 bridgehead atoms. The van der Waals surface area contributed by atoms with Gasteiger partial charge in [-0.15, -0.1) is 0 Å². The molecule has 0 saturated heterocycles. The number of carbonyl (C=O) groups excluding carboxylic acids is 3. The molecule has 0 aliphatic carbocycles. The van der Waals surface area contributed by atoms with E-state index >= 15 is 0 Å². The molecule has 0 aromatic heterocycles. The zero-order valence-electron chi connectivity index (χ0n) is 26.8. The van der Waals surface area contributed by atoms with Crippen LogP contribution in [0.25, 0.3) is 0 Å². The van der Waals surface area contributed by atoms with Crippen LogP contribution in [0.2, 0.25) is 18.1 Å². The molecule has 7 nitrogen and oxygen atoms in total. The van der Waals surface area contributed by atoms with Crippen LogP contribution in [0.1, 0.15) is 73.2 Å². The first-order chi connectivity index (χ1) is 20.8. The Kier molecular flexibility index (Phi) is 12.5. The van der Waals surface area contributed by atoms with Crippen molar-refractivity contribution in [1.82, 2.24) is 0 Å². The number of esters is 3. The molecule has 0 unspecified atom stereocenters. The van der Waals surface area contributed by atoms with Crippen molar-refractivity contribution in [1.29, 1.82) is 0 Å². The number of allylic oxidation sites excluding steroid dienone is 2. The first kappa shape index (κ1) is 34.7. The predicted octanol–water partition coefficient (Wildman–Crippen LogP) is 8.03. The molecule has 236 valence electrons. The third-order valence-electron chi connectivity index (χ3n) is 8.19. The Bertz CT molecular complexity index is 1350. The fraction of sp³-hybridized carbons (Fsp3) is 0.417. The fourth-order valence-corrected chi connectivity index (χ4v) is 6.03. The Morgan fingerprint density at radius 3 is 2.48 bits per heavy atom. The summed E-state index contributed by atoms with van der Waals surface area (Å²) in [5, 5.41) is -0.0102. The van der Waals surface area contributed by atoms with Gasteiger partial charge in [-0.2, -0.15) is 0 Å². The number of cyclic esters (lactones) is 1. The molecule has 2 aromatic carbocycles. The second kappa shape index (κ2) is 15.8. The minimum absolute atomic E-state index is 0.0102. The van der Waals surface area contributed by atoms with Gasteiger partial charge in [0.25, 0.3) is 0 Å². The van der Waals surface area contributed by atoms with Gasteiger partial charge in [0.05, 0.1) is 11.7 Å². The monoisotopic (exact) mass is 618 g/mol. The highest BCUT2D eigenvalue weighted by Gasteiger charge is 2.41. The highest BCUT2D eigenvalue weighted by Crippen LogP contribution is 2.39. The van der Waals surface area contributed by atoms with Crippen molar-refractivity contribution in [2.24, 2.45) is 5.92 Å². The Morgan fingerprint density at radius 1 is 1.07 bits per heavy atom. The maximum absolute atomic E-state index is 13.9. The zero-order chi connectivity index (χ0) is 32.3. The molecule has 2 aromatic rings. The van der Waals surface area contributed by atoms with Gasteiger partial charge in [0.15, 0.2) is 8.32 Å². The summed E-state index contributed by atoms with van der Waals surface area (Å²) in [5.41, 5.74) is 1.27. The molecule has 1 aliphatic rings. The molecule has 3 rings (SSSR count). The number of fused-ring (bicyclic) bond motifs is 1. The van der Waals surface area contributed by atoms with E-state index in [0.717, 1.165) is 6.42 Å². The molecule has 44 heavy (non-hydrogen) atoms. The number of benzene rings is 2. The summed E-state index contributed by atoms with van der Waals surface area (Å²) in [6, 6.07) is 13.8. The molecular weight excluding hydrogens is 572 g/mol. The van der Waals surface area contributed by atoms with E-state index in [1.54, 1.807) is 42.5 Å². The van der Waals surface area contributed by atoms with Crippen LogP contribution in [0.15, 0.2) is 85.5 Å². The van der Waals surface area contributed by atoms with Gasteiger partial charge in [-0.3, -0.25) is 0 Å². The minimum Gasteiger partial charge on any atom is -0.458 e. The fourth-order valence-electron chi connectivity index (χ4n) is 4.59. The van der Waals surface area contributed by atoms with Gasteiger partial charge in [0.2, 0.25) is 0 Å². The van der Waals surface area contributed by atoms with E-state index in [4.69, 9.17) is 18.6 Å². The minimum atomic E-state index is -2.18. The Labute approximate surface area is 263 Å². The number of hydrogen-bond donors (Lipinski definition) is 0. The quantitative estimate of drug-likeness (QED) is 0.0924. The Hall–Kier alpha value is -3.75. The average molecular weight is 619 g/mol. The van der Waals surface area contributed by atoms with E-state index in [2.05, 4.69) is 53.4 Å². The van der Waals surface area contributed by atoms with Crippen LogP contribution in [0.3, 0.4) is 0 Å². The molecule has 0 radical (unpaired) electrons. The van der Waals surface area contributed by atoms with Crippen LogP contribution in [0.5, 0.6) is 5.75 Å². The van der Waals surface area contributed by atoms with Gasteiger partial charge >= 0.3 is 17.9 Å². The van der Waals surface area contributed by atoms with Gasteiger partial charge in [-0.25, -0.2) is 14.4 Å². The van der Waals surface area contributed by atoms with Crippen LogP contribution < -0.4 is 4.74 Å². The molecule has 0 spiro atoms. The van der Waals surface area contributed by atoms with Gasteiger partial charge < -0.3 is 18.6 Å². The summed E-state index contributed by atoms with van der Waals surface area (Å²) < 4.78 is 23.9. The second-order valence-electron chi connectivity index (χ2n) is 12.7. The summed E-state index contributed by atoms with van der Waals surface area (Å²) >= 11 is 0. The van der Waals surface area contributed by atoms with Gasteiger partial charge in [-0.05, 0) is 60.7 Å². The van der Waals surface area contributed by atoms with Crippen LogP contribution in [0, 0.1) is 5.92 Å². The first-order valence-corrected chi connectivity index (χ1v) is 18.1. The maximum Gasteiger partial charge on any atom is 0.343 e. The molecule has 1 heterocycles. The molecule has 1 aliphatic heterocycles. The summed E-state index contributed by atoms with van der Waals surface area (Å²) in [7, 11) is -2.18. The molecule has 0 amide bonds. The third-order valence-corrected chi connectivity index (χ3v) is 12.7. The van der Waals surface area contributed by atoms with Crippen molar-refractivity contribution in [2.75, 3.05) is 6.61 Å². The van der Waals surface area contributed by atoms with Crippen LogP contribution in [0.4, 0.5) is 0 Å². The van der Waals surface area contributed by atoms with E-state index in [1.165, 1.54) is 12.2 Å². The highest BCUT2D eigenvalue weighted by atomic mass is 28.4. The Morgan fingerprint density at radius 2 is 1.80 bits per heavy atom. The van der Waals surface area contributed by atoms with Gasteiger partial charge in [0.1, 0.15) is 24.0 Å². The lowest BCUT2D eigenvalue weighted by atomic mass is 9.93. The number of ether oxygens (including phenoxy) is 3. The summed E-state index contributed by atoms with van der Waals surface area (Å²) in [6.07, 6.45) is 9.79. The smallest absolute Gasteiger partial charge is 0.343 e. The van der Waals surface area contributed by atoms with E-state index < -0.39 is 32.3 Å². The lowest BCUT2D eigenvalue weighted by Crippen LogP contribution is -2.46. The molecular formula is C36H46O7Si. The number of carbonyl (C=O) groups is 3. The van der Waals surface area contributed by atoms with Crippen LogP contribution in [-0.2, 0) is 25.1 Å². The predicted molar refractivity (Wildman–Crippen MR) is 175 cm³/mol. The third kappa shape index (κ3) is 9.89. The van der Waals surface area contributed by atoms with Crippen LogP contribution >= 0.6 is 0 Å². The maximum atomic E-state index is 13.9. The largest absolute Gasteiger partial charge is 0.458 e. The lowest BCUT2D eigenvalue weighted by molar-refractivity contribution is -0.136. The van der Waals surface area contributed by atoms with Gasteiger partial charge in [0, 0.05) is 18.9 Å². The Balaban J connectivity index is 1.99. The standard InChI is InChI=1S/C36H46O7Si/c1-8-24-40-32(37)23-15-21-29-25-31(43-44(6,7)36(3,4)5)26(2)16-12-13-17-27-20-14-22-30(33(27)35(39)41-29)42-34(38)28-18-10-9-11-19-28/h8-15,18-20,22-23,26,29,31H,1,16-17,21,24-25H2,2-7H3/t26-,29-,31+/m0/s1. The summed E-state index contributed by atoms with van der Waals surface area (Å²) in [4.78, 5) is 39.0. The van der Waals surface area contributed by atoms with E-state index in [0.29, 0.717) is 24.0 Å². The topological polar surface area (TPSA) is 88.1 Å². The molecule has 0 N–H and O–H groups in total. The lowest BCUT2D eigenvalue weighted by Gasteiger charge is -2.41. The van der Waals surface area contributed by atoms with Crippen molar-refractivity contribution in [3.8, 4) is 5.75 Å². The SMILES string of the molecule is C=CCOC(=O)C=CC[C@H]1C[C@@H](O[Si](C)(C)C(C)(C)C)[C@@H](C)CC=CCc2cccc(OC(=O)c3ccccc3)c2C(=O)O1. The zero-order valence-corrected chi connectivity index (χ0v) is 27.8. The van der Waals surface area contributed by atoms with Crippen LogP contribution in [-0.4, -0.2) is 45.0 Å². The van der Waals surface area contributed by atoms with Gasteiger partial charge in [-0.1, -0.05) is 88.9 Å². The van der Waals surface area contributed by atoms with E-state index in [9.17, 15) is 14.4 Å². The molecule has 3 atom stereocenters.